The van der Waals surface area contributed by atoms with Crippen LogP contribution in [-0.4, -0.2) is 43.8 Å². The summed E-state index contributed by atoms with van der Waals surface area (Å²) in [6.45, 7) is 1.25. The number of alkyl halides is 1. The average Bonchev–Trinajstić information content (AvgIpc) is 2.38. The number of anilines is 1. The Morgan fingerprint density at radius 3 is 2.63 bits per heavy atom. The molecule has 1 aromatic heterocycles. The first-order chi connectivity index (χ1) is 8.92. The molecule has 0 aliphatic heterocycles. The number of nitrogens with zero attached hydrogens (tertiary/aromatic N) is 2. The van der Waals surface area contributed by atoms with Gasteiger partial charge in [-0.1, -0.05) is 6.92 Å². The minimum atomic E-state index is -2.12. The molecule has 1 heterocycles. The fourth-order valence-electron chi connectivity index (χ4n) is 1.70. The van der Waals surface area contributed by atoms with Crippen molar-refractivity contribution in [1.82, 2.24) is 9.55 Å². The van der Waals surface area contributed by atoms with Crippen molar-refractivity contribution in [3.63, 3.8) is 0 Å². The van der Waals surface area contributed by atoms with Gasteiger partial charge in [-0.3, -0.25) is 4.57 Å². The molecule has 1 aromatic rings. The number of nitrogens with two attached hydrogens (primary N) is 1. The van der Waals surface area contributed by atoms with Gasteiger partial charge in [0, 0.05) is 18.7 Å². The predicted octanol–water partition coefficient (Wildman–Crippen LogP) is -0.966. The Labute approximate surface area is 109 Å². The summed E-state index contributed by atoms with van der Waals surface area (Å²) in [6, 6.07) is 1.23. The van der Waals surface area contributed by atoms with E-state index in [4.69, 9.17) is 10.8 Å². The van der Waals surface area contributed by atoms with Crippen molar-refractivity contribution in [2.75, 3.05) is 12.3 Å². The SMILES string of the molecule is CC[C@@H](CO)[C@@H](O)[C@H](F)[C@@H](O)n1ccc(N)nc1=O. The molecule has 0 saturated carbocycles. The van der Waals surface area contributed by atoms with Crippen molar-refractivity contribution in [1.29, 1.82) is 0 Å². The van der Waals surface area contributed by atoms with Crippen molar-refractivity contribution >= 4 is 5.82 Å². The maximum absolute atomic E-state index is 14.0. The highest BCUT2D eigenvalue weighted by molar-refractivity contribution is 5.23. The quantitative estimate of drug-likeness (QED) is 0.530. The minimum Gasteiger partial charge on any atom is -0.396 e. The van der Waals surface area contributed by atoms with Crippen LogP contribution in [0.1, 0.15) is 19.6 Å². The van der Waals surface area contributed by atoms with E-state index in [9.17, 15) is 19.4 Å². The zero-order valence-corrected chi connectivity index (χ0v) is 10.5. The lowest BCUT2D eigenvalue weighted by Crippen LogP contribution is -2.41. The van der Waals surface area contributed by atoms with Crippen LogP contribution >= 0.6 is 0 Å². The molecule has 4 atom stereocenters. The van der Waals surface area contributed by atoms with E-state index >= 15 is 0 Å². The highest BCUT2D eigenvalue weighted by Crippen LogP contribution is 2.21. The second-order valence-electron chi connectivity index (χ2n) is 4.24. The Morgan fingerprint density at radius 2 is 2.16 bits per heavy atom. The van der Waals surface area contributed by atoms with Gasteiger partial charge in [0.15, 0.2) is 12.4 Å². The van der Waals surface area contributed by atoms with Crippen LogP contribution in [0.25, 0.3) is 0 Å². The molecule has 108 valence electrons. The van der Waals surface area contributed by atoms with Gasteiger partial charge >= 0.3 is 5.69 Å². The average molecular weight is 275 g/mol. The second-order valence-corrected chi connectivity index (χ2v) is 4.24. The number of rotatable bonds is 6. The van der Waals surface area contributed by atoms with Gasteiger partial charge in [-0.15, -0.1) is 0 Å². The van der Waals surface area contributed by atoms with Gasteiger partial charge in [-0.05, 0) is 12.5 Å². The molecule has 7 nitrogen and oxygen atoms in total. The Hall–Kier alpha value is -1.51. The van der Waals surface area contributed by atoms with Crippen LogP contribution in [0.2, 0.25) is 0 Å². The normalized spacial score (nSPS) is 17.7. The van der Waals surface area contributed by atoms with E-state index < -0.39 is 36.7 Å². The van der Waals surface area contributed by atoms with Crippen molar-refractivity contribution < 1.29 is 19.7 Å². The molecule has 0 radical (unpaired) electrons. The van der Waals surface area contributed by atoms with Crippen LogP contribution in [0.5, 0.6) is 0 Å². The van der Waals surface area contributed by atoms with Crippen LogP contribution in [-0.2, 0) is 0 Å². The summed E-state index contributed by atoms with van der Waals surface area (Å²) in [7, 11) is 0. The van der Waals surface area contributed by atoms with E-state index in [0.29, 0.717) is 11.0 Å². The fourth-order valence-corrected chi connectivity index (χ4v) is 1.70. The van der Waals surface area contributed by atoms with Gasteiger partial charge in [0.1, 0.15) is 5.82 Å². The molecule has 0 aliphatic rings. The van der Waals surface area contributed by atoms with Crippen molar-refractivity contribution in [3.05, 3.63) is 22.7 Å². The van der Waals surface area contributed by atoms with E-state index in [-0.39, 0.29) is 5.82 Å². The molecular formula is C11H18FN3O4. The van der Waals surface area contributed by atoms with Gasteiger partial charge in [0.2, 0.25) is 0 Å². The summed E-state index contributed by atoms with van der Waals surface area (Å²) >= 11 is 0. The Balaban J connectivity index is 2.92. The van der Waals surface area contributed by atoms with Gasteiger partial charge in [-0.25, -0.2) is 9.18 Å². The molecular weight excluding hydrogens is 257 g/mol. The molecule has 5 N–H and O–H groups in total. The van der Waals surface area contributed by atoms with Crippen LogP contribution in [0.15, 0.2) is 17.1 Å². The highest BCUT2D eigenvalue weighted by atomic mass is 19.1. The van der Waals surface area contributed by atoms with E-state index in [1.165, 1.54) is 6.07 Å². The number of halogens is 1. The highest BCUT2D eigenvalue weighted by Gasteiger charge is 2.33. The first-order valence-corrected chi connectivity index (χ1v) is 5.88. The summed E-state index contributed by atoms with van der Waals surface area (Å²) in [5, 5.41) is 28.4. The maximum atomic E-state index is 14.0. The molecule has 0 aliphatic carbocycles. The zero-order valence-electron chi connectivity index (χ0n) is 10.5. The smallest absolute Gasteiger partial charge is 0.351 e. The standard InChI is InChI=1S/C11H18FN3O4/c1-2-6(5-16)9(17)8(12)10(18)15-4-3-7(13)14-11(15)19/h3-4,6,8-10,16-18H,2,5H2,1H3,(H2,13,14,19)/t6-,8-,9+,10+/m0/s1. The predicted molar refractivity (Wildman–Crippen MR) is 65.9 cm³/mol. The lowest BCUT2D eigenvalue weighted by Gasteiger charge is -2.26. The van der Waals surface area contributed by atoms with Gasteiger partial charge in [0.05, 0.1) is 6.10 Å². The maximum Gasteiger partial charge on any atom is 0.351 e. The molecule has 1 rings (SSSR count). The number of aliphatic hydroxyl groups is 3. The second kappa shape index (κ2) is 6.60. The Morgan fingerprint density at radius 1 is 1.53 bits per heavy atom. The third kappa shape index (κ3) is 3.49. The van der Waals surface area contributed by atoms with Crippen molar-refractivity contribution in [2.24, 2.45) is 5.92 Å². The van der Waals surface area contributed by atoms with E-state index in [2.05, 4.69) is 4.98 Å². The lowest BCUT2D eigenvalue weighted by molar-refractivity contribution is -0.0781. The van der Waals surface area contributed by atoms with Crippen molar-refractivity contribution in [2.45, 2.75) is 31.8 Å². The summed E-state index contributed by atoms with van der Waals surface area (Å²) < 4.78 is 14.6. The van der Waals surface area contributed by atoms with Gasteiger partial charge < -0.3 is 21.1 Å². The van der Waals surface area contributed by atoms with E-state index in [1.807, 2.05) is 0 Å². The minimum absolute atomic E-state index is 0.0498. The summed E-state index contributed by atoms with van der Waals surface area (Å²) in [4.78, 5) is 14.8. The number of nitrogen functional groups attached to an aromatic ring is 1. The third-order valence-corrected chi connectivity index (χ3v) is 2.99. The molecule has 0 fully saturated rings. The number of hydrogen-bond donors (Lipinski definition) is 4. The first-order valence-electron chi connectivity index (χ1n) is 5.88. The van der Waals surface area contributed by atoms with Crippen molar-refractivity contribution in [3.8, 4) is 0 Å². The monoisotopic (exact) mass is 275 g/mol. The summed E-state index contributed by atoms with van der Waals surface area (Å²) in [5.41, 5.74) is 4.36. The largest absolute Gasteiger partial charge is 0.396 e. The van der Waals surface area contributed by atoms with Crippen LogP contribution in [0.3, 0.4) is 0 Å². The molecule has 19 heavy (non-hydrogen) atoms. The number of aromatic nitrogens is 2. The van der Waals surface area contributed by atoms with Gasteiger partial charge in [-0.2, -0.15) is 4.98 Å². The Bertz CT molecular complexity index is 463. The van der Waals surface area contributed by atoms with E-state index in [0.717, 1.165) is 6.20 Å². The van der Waals surface area contributed by atoms with Crippen LogP contribution in [0, 0.1) is 5.92 Å². The topological polar surface area (TPSA) is 122 Å². The number of aliphatic hydroxyl groups excluding tert-OH is 3. The Kier molecular flexibility index (Phi) is 5.40. The van der Waals surface area contributed by atoms with Crippen LogP contribution < -0.4 is 11.4 Å². The summed E-state index contributed by atoms with van der Waals surface area (Å²) in [6.07, 6.45) is -4.18. The fraction of sp³-hybridized carbons (Fsp3) is 0.636. The molecule has 0 unspecified atom stereocenters. The molecule has 0 amide bonds. The number of hydrogen-bond acceptors (Lipinski definition) is 6. The van der Waals surface area contributed by atoms with Gasteiger partial charge in [0.25, 0.3) is 0 Å². The lowest BCUT2D eigenvalue weighted by atomic mass is 9.96. The van der Waals surface area contributed by atoms with E-state index in [1.54, 1.807) is 6.92 Å². The first kappa shape index (κ1) is 15.5. The summed E-state index contributed by atoms with van der Waals surface area (Å²) in [5.74, 6) is -0.770. The molecule has 0 spiro atoms. The van der Waals surface area contributed by atoms with Crippen LogP contribution in [0.4, 0.5) is 10.2 Å². The zero-order chi connectivity index (χ0) is 14.6. The molecule has 0 saturated heterocycles. The molecule has 0 bridgehead atoms. The third-order valence-electron chi connectivity index (χ3n) is 2.99. The molecule has 0 aromatic carbocycles. The molecule has 8 heteroatoms.